The van der Waals surface area contributed by atoms with E-state index in [0.29, 0.717) is 17.5 Å². The predicted molar refractivity (Wildman–Crippen MR) is 267 cm³/mol. The monoisotopic (exact) mass is 830 g/mol. The third kappa shape index (κ3) is 5.18. The van der Waals surface area contributed by atoms with Gasteiger partial charge in [0.1, 0.15) is 11.2 Å². The summed E-state index contributed by atoms with van der Waals surface area (Å²) in [4.78, 5) is 16.2. The molecule has 304 valence electrons. The molecule has 13 aromatic rings. The Hall–Kier alpha value is -8.41. The van der Waals surface area contributed by atoms with E-state index < -0.39 is 0 Å². The summed E-state index contributed by atoms with van der Waals surface area (Å²) in [6.07, 6.45) is 0. The second-order valence-corrected chi connectivity index (χ2v) is 17.9. The standard InChI is InChI=1S/C60H38N4O/c1-60(2)48-22-8-6-17-41(48)45-20-11-21-47(55(45)60)59-62-57(39-16-10-15-38(33-39)37-27-25-36(26-28-37)35-13-4-3-5-14-35)61-58(63-59)40-29-30-43-46-31-32-52-54-53-44(19-12-24-51(53)65-52)42-18-7-9-23-49(42)64(56(46)54)50(43)34-40/h3-34H,1-2H3. The van der Waals surface area contributed by atoms with Crippen LogP contribution in [0.4, 0.5) is 0 Å². The highest BCUT2D eigenvalue weighted by Gasteiger charge is 2.38. The highest BCUT2D eigenvalue weighted by Crippen LogP contribution is 2.52. The summed E-state index contributed by atoms with van der Waals surface area (Å²) in [6.45, 7) is 4.63. The number of hydrogen-bond acceptors (Lipinski definition) is 4. The largest absolute Gasteiger partial charge is 0.456 e. The van der Waals surface area contributed by atoms with Crippen LogP contribution in [0, 0.1) is 0 Å². The second-order valence-electron chi connectivity index (χ2n) is 17.9. The second kappa shape index (κ2) is 13.3. The minimum Gasteiger partial charge on any atom is -0.456 e. The van der Waals surface area contributed by atoms with Crippen molar-refractivity contribution in [3.05, 3.63) is 205 Å². The number of furan rings is 1. The maximum absolute atomic E-state index is 6.53. The third-order valence-corrected chi connectivity index (χ3v) is 14.0. The average molecular weight is 831 g/mol. The smallest absolute Gasteiger partial charge is 0.164 e. The molecule has 5 heteroatoms. The number of rotatable bonds is 5. The molecular weight excluding hydrogens is 793 g/mol. The van der Waals surface area contributed by atoms with Gasteiger partial charge in [0.05, 0.1) is 21.9 Å². The van der Waals surface area contributed by atoms with Crippen molar-refractivity contribution in [2.24, 2.45) is 0 Å². The van der Waals surface area contributed by atoms with E-state index in [0.717, 1.165) is 71.7 Å². The van der Waals surface area contributed by atoms with Crippen molar-refractivity contribution in [2.45, 2.75) is 19.3 Å². The van der Waals surface area contributed by atoms with Crippen molar-refractivity contribution < 1.29 is 4.42 Å². The molecule has 65 heavy (non-hydrogen) atoms. The highest BCUT2D eigenvalue weighted by atomic mass is 16.3. The number of hydrogen-bond donors (Lipinski definition) is 0. The summed E-state index contributed by atoms with van der Waals surface area (Å²) < 4.78 is 8.96. The summed E-state index contributed by atoms with van der Waals surface area (Å²) in [6, 6.07) is 69.4. The zero-order valence-corrected chi connectivity index (χ0v) is 35.7. The molecular formula is C60H38N4O. The van der Waals surface area contributed by atoms with Crippen LogP contribution in [-0.2, 0) is 5.41 Å². The maximum atomic E-state index is 6.53. The van der Waals surface area contributed by atoms with Gasteiger partial charge < -0.3 is 8.82 Å². The number of fused-ring (bicyclic) bond motifs is 9. The number of nitrogens with zero attached hydrogens (tertiary/aromatic N) is 4. The quantitative estimate of drug-likeness (QED) is 0.173. The molecule has 14 rings (SSSR count). The lowest BCUT2D eigenvalue weighted by molar-refractivity contribution is 0.661. The third-order valence-electron chi connectivity index (χ3n) is 14.0. The van der Waals surface area contributed by atoms with Crippen LogP contribution in [0.15, 0.2) is 199 Å². The molecule has 9 aromatic carbocycles. The van der Waals surface area contributed by atoms with E-state index in [-0.39, 0.29) is 5.41 Å². The minimum atomic E-state index is -0.262. The van der Waals surface area contributed by atoms with Crippen LogP contribution in [0.5, 0.6) is 0 Å². The first kappa shape index (κ1) is 36.1. The fourth-order valence-electron chi connectivity index (χ4n) is 11.0. The van der Waals surface area contributed by atoms with Gasteiger partial charge in [-0.05, 0) is 86.3 Å². The predicted octanol–water partition coefficient (Wildman–Crippen LogP) is 15.6. The van der Waals surface area contributed by atoms with Gasteiger partial charge in [-0.2, -0.15) is 0 Å². The van der Waals surface area contributed by atoms with E-state index in [9.17, 15) is 0 Å². The lowest BCUT2D eigenvalue weighted by Crippen LogP contribution is -2.17. The SMILES string of the molecule is CC1(C)c2ccccc2-c2cccc(-c3nc(-c4cccc(-c5ccc(-c6ccccc6)cc5)c4)nc(-c4ccc5c6ccc7oc8cccc9c%10ccccc%10n(c5c4)c6c7c89)n3)c21. The fraction of sp³-hybridized carbons (Fsp3) is 0.0500. The molecule has 0 N–H and O–H groups in total. The summed E-state index contributed by atoms with van der Waals surface area (Å²) >= 11 is 0. The number of benzene rings is 9. The summed E-state index contributed by atoms with van der Waals surface area (Å²) in [5.41, 5.74) is 17.4. The molecule has 0 atom stereocenters. The van der Waals surface area contributed by atoms with E-state index in [1.807, 2.05) is 0 Å². The maximum Gasteiger partial charge on any atom is 0.164 e. The molecule has 1 aliphatic carbocycles. The van der Waals surface area contributed by atoms with Gasteiger partial charge >= 0.3 is 0 Å². The molecule has 0 bridgehead atoms. The molecule has 0 spiro atoms. The lowest BCUT2D eigenvalue weighted by atomic mass is 9.80. The van der Waals surface area contributed by atoms with E-state index >= 15 is 0 Å². The Morgan fingerprint density at radius 2 is 0.954 bits per heavy atom. The first-order valence-electron chi connectivity index (χ1n) is 22.3. The highest BCUT2D eigenvalue weighted by molar-refractivity contribution is 6.31. The van der Waals surface area contributed by atoms with Crippen molar-refractivity contribution in [2.75, 3.05) is 0 Å². The van der Waals surface area contributed by atoms with Crippen molar-refractivity contribution in [3.63, 3.8) is 0 Å². The lowest BCUT2D eigenvalue weighted by Gasteiger charge is -2.24. The van der Waals surface area contributed by atoms with E-state index in [4.69, 9.17) is 19.4 Å². The topological polar surface area (TPSA) is 56.2 Å². The Morgan fingerprint density at radius 3 is 1.82 bits per heavy atom. The first-order valence-corrected chi connectivity index (χ1v) is 22.3. The zero-order chi connectivity index (χ0) is 43.0. The Labute approximate surface area is 374 Å². The fourth-order valence-corrected chi connectivity index (χ4v) is 11.0. The normalized spacial score (nSPS) is 13.2. The Balaban J connectivity index is 1.00. The molecule has 4 aromatic heterocycles. The summed E-state index contributed by atoms with van der Waals surface area (Å²) in [5.74, 6) is 1.90. The average Bonchev–Trinajstić information content (AvgIpc) is 3.96. The molecule has 0 saturated heterocycles. The molecule has 4 heterocycles. The Kier molecular flexibility index (Phi) is 7.39. The molecule has 0 unspecified atom stereocenters. The van der Waals surface area contributed by atoms with Gasteiger partial charge in [-0.1, -0.05) is 172 Å². The minimum absolute atomic E-state index is 0.262. The van der Waals surface area contributed by atoms with Crippen LogP contribution < -0.4 is 0 Å². The van der Waals surface area contributed by atoms with E-state index in [1.54, 1.807) is 0 Å². The van der Waals surface area contributed by atoms with Crippen LogP contribution in [0.2, 0.25) is 0 Å². The van der Waals surface area contributed by atoms with Gasteiger partial charge in [0, 0.05) is 43.7 Å². The van der Waals surface area contributed by atoms with Gasteiger partial charge in [0.25, 0.3) is 0 Å². The first-order chi connectivity index (χ1) is 32.0. The number of para-hydroxylation sites is 1. The molecule has 0 radical (unpaired) electrons. The van der Waals surface area contributed by atoms with Gasteiger partial charge in [-0.25, -0.2) is 15.0 Å². The van der Waals surface area contributed by atoms with Gasteiger partial charge in [-0.3, -0.25) is 0 Å². The van der Waals surface area contributed by atoms with Crippen molar-refractivity contribution >= 4 is 60.0 Å². The van der Waals surface area contributed by atoms with Crippen LogP contribution in [0.25, 0.3) is 128 Å². The van der Waals surface area contributed by atoms with Crippen LogP contribution >= 0.6 is 0 Å². The van der Waals surface area contributed by atoms with Crippen LogP contribution in [0.1, 0.15) is 25.0 Å². The molecule has 0 amide bonds. The van der Waals surface area contributed by atoms with Gasteiger partial charge in [0.15, 0.2) is 17.5 Å². The van der Waals surface area contributed by atoms with Gasteiger partial charge in [-0.15, -0.1) is 0 Å². The van der Waals surface area contributed by atoms with Crippen LogP contribution in [-0.4, -0.2) is 19.4 Å². The van der Waals surface area contributed by atoms with E-state index in [1.165, 1.54) is 49.5 Å². The summed E-state index contributed by atoms with van der Waals surface area (Å²) in [7, 11) is 0. The Bertz CT molecular complexity index is 4080. The molecule has 0 aliphatic heterocycles. The molecule has 0 fully saturated rings. The van der Waals surface area contributed by atoms with Crippen LogP contribution in [0.3, 0.4) is 0 Å². The van der Waals surface area contributed by atoms with E-state index in [2.05, 4.69) is 212 Å². The van der Waals surface area contributed by atoms with Crippen molar-refractivity contribution in [1.29, 1.82) is 0 Å². The van der Waals surface area contributed by atoms with Crippen molar-refractivity contribution in [1.82, 2.24) is 19.4 Å². The number of aromatic nitrogens is 4. The molecule has 0 saturated carbocycles. The molecule has 5 nitrogen and oxygen atoms in total. The van der Waals surface area contributed by atoms with Gasteiger partial charge in [0.2, 0.25) is 0 Å². The molecule has 1 aliphatic rings. The Morgan fingerprint density at radius 1 is 0.385 bits per heavy atom. The summed E-state index contributed by atoms with van der Waals surface area (Å²) in [5, 5.41) is 6.99. The zero-order valence-electron chi connectivity index (χ0n) is 35.7. The van der Waals surface area contributed by atoms with Crippen molar-refractivity contribution in [3.8, 4) is 67.5 Å².